The molecule has 0 aliphatic carbocycles. The molecule has 0 spiro atoms. The highest BCUT2D eigenvalue weighted by molar-refractivity contribution is 6.06. The average Bonchev–Trinajstić information content (AvgIpc) is 3.26. The van der Waals surface area contributed by atoms with Gasteiger partial charge in [-0.2, -0.15) is 9.36 Å². The Morgan fingerprint density at radius 1 is 1.28 bits per heavy atom. The second kappa shape index (κ2) is 7.30. The SMILES string of the molecule is CC(=NOCc1c(C)cccc1-n1nnn(C)c1=O)c1noc2cc(F)ccc12. The summed E-state index contributed by atoms with van der Waals surface area (Å²) in [6, 6.07) is 9.66. The van der Waals surface area contributed by atoms with Crippen molar-refractivity contribution in [1.29, 1.82) is 0 Å². The molecule has 0 radical (unpaired) electrons. The number of oxime groups is 1. The van der Waals surface area contributed by atoms with Crippen molar-refractivity contribution in [1.82, 2.24) is 24.9 Å². The summed E-state index contributed by atoms with van der Waals surface area (Å²) in [5.41, 5.74) is 3.14. The highest BCUT2D eigenvalue weighted by atomic mass is 19.1. The summed E-state index contributed by atoms with van der Waals surface area (Å²) in [4.78, 5) is 17.7. The molecule has 29 heavy (non-hydrogen) atoms. The molecule has 2 heterocycles. The molecule has 148 valence electrons. The molecule has 0 saturated heterocycles. The Labute approximate surface area is 164 Å². The Kier molecular flexibility index (Phi) is 4.67. The summed E-state index contributed by atoms with van der Waals surface area (Å²) >= 11 is 0. The maximum absolute atomic E-state index is 13.3. The van der Waals surface area contributed by atoms with E-state index >= 15 is 0 Å². The van der Waals surface area contributed by atoms with Crippen LogP contribution in [-0.2, 0) is 18.5 Å². The van der Waals surface area contributed by atoms with E-state index in [1.54, 1.807) is 19.1 Å². The van der Waals surface area contributed by atoms with Crippen molar-refractivity contribution in [2.24, 2.45) is 12.2 Å². The largest absolute Gasteiger partial charge is 0.391 e. The van der Waals surface area contributed by atoms with Crippen molar-refractivity contribution in [3.8, 4) is 5.69 Å². The van der Waals surface area contributed by atoms with Crippen LogP contribution in [0.4, 0.5) is 4.39 Å². The lowest BCUT2D eigenvalue weighted by molar-refractivity contribution is 0.130. The first kappa shape index (κ1) is 18.5. The molecule has 0 bridgehead atoms. The number of rotatable bonds is 5. The Morgan fingerprint density at radius 3 is 2.86 bits per heavy atom. The van der Waals surface area contributed by atoms with Gasteiger partial charge >= 0.3 is 5.69 Å². The van der Waals surface area contributed by atoms with Crippen molar-refractivity contribution < 1.29 is 13.8 Å². The number of nitrogens with zero attached hydrogens (tertiary/aromatic N) is 6. The van der Waals surface area contributed by atoms with Crippen LogP contribution in [0.2, 0.25) is 0 Å². The van der Waals surface area contributed by atoms with Crippen molar-refractivity contribution in [2.75, 3.05) is 0 Å². The second-order valence-corrected chi connectivity index (χ2v) is 6.49. The second-order valence-electron chi connectivity index (χ2n) is 6.49. The summed E-state index contributed by atoms with van der Waals surface area (Å²) in [6.07, 6.45) is 0. The number of halogens is 1. The van der Waals surface area contributed by atoms with Crippen molar-refractivity contribution in [2.45, 2.75) is 20.5 Å². The fourth-order valence-corrected chi connectivity index (χ4v) is 2.95. The maximum atomic E-state index is 13.3. The summed E-state index contributed by atoms with van der Waals surface area (Å²) in [7, 11) is 1.53. The van der Waals surface area contributed by atoms with Crippen LogP contribution in [-0.4, -0.2) is 30.7 Å². The van der Waals surface area contributed by atoms with Gasteiger partial charge in [0.25, 0.3) is 0 Å². The van der Waals surface area contributed by atoms with Gasteiger partial charge in [-0.3, -0.25) is 0 Å². The molecule has 0 aliphatic rings. The number of aromatic nitrogens is 5. The zero-order valence-electron chi connectivity index (χ0n) is 16.0. The van der Waals surface area contributed by atoms with Gasteiger partial charge in [0.2, 0.25) is 0 Å². The average molecular weight is 396 g/mol. The molecule has 0 N–H and O–H groups in total. The monoisotopic (exact) mass is 396 g/mol. The quantitative estimate of drug-likeness (QED) is 0.380. The normalized spacial score (nSPS) is 11.9. The first-order valence-corrected chi connectivity index (χ1v) is 8.75. The van der Waals surface area contributed by atoms with E-state index in [0.29, 0.717) is 28.1 Å². The molecular formula is C19H17FN6O3. The van der Waals surface area contributed by atoms with Gasteiger partial charge in [-0.05, 0) is 48.0 Å². The number of benzene rings is 2. The molecule has 10 heteroatoms. The van der Waals surface area contributed by atoms with Crippen LogP contribution < -0.4 is 5.69 Å². The Balaban J connectivity index is 1.61. The third-order valence-corrected chi connectivity index (χ3v) is 4.52. The lowest BCUT2D eigenvalue weighted by atomic mass is 10.1. The molecule has 4 aromatic rings. The fraction of sp³-hybridized carbons (Fsp3) is 0.211. The Bertz CT molecular complexity index is 1290. The van der Waals surface area contributed by atoms with Crippen LogP contribution >= 0.6 is 0 Å². The van der Waals surface area contributed by atoms with Crippen LogP contribution in [0.5, 0.6) is 0 Å². The van der Waals surface area contributed by atoms with Crippen LogP contribution in [0.25, 0.3) is 16.7 Å². The number of hydrogen-bond acceptors (Lipinski definition) is 7. The van der Waals surface area contributed by atoms with Crippen molar-refractivity contribution in [3.63, 3.8) is 0 Å². The minimum atomic E-state index is -0.405. The zero-order chi connectivity index (χ0) is 20.5. The molecule has 4 rings (SSSR count). The smallest absolute Gasteiger partial charge is 0.368 e. The maximum Gasteiger partial charge on any atom is 0.368 e. The van der Waals surface area contributed by atoms with E-state index in [1.807, 2.05) is 19.1 Å². The van der Waals surface area contributed by atoms with Gasteiger partial charge in [0.15, 0.2) is 5.58 Å². The summed E-state index contributed by atoms with van der Waals surface area (Å²) in [5.74, 6) is -0.405. The lowest BCUT2D eigenvalue weighted by Crippen LogP contribution is -2.23. The van der Waals surface area contributed by atoms with E-state index in [4.69, 9.17) is 9.36 Å². The van der Waals surface area contributed by atoms with Crippen molar-refractivity contribution in [3.05, 3.63) is 69.5 Å². The summed E-state index contributed by atoms with van der Waals surface area (Å²) in [6.45, 7) is 3.72. The zero-order valence-corrected chi connectivity index (χ0v) is 16.0. The van der Waals surface area contributed by atoms with E-state index in [2.05, 4.69) is 20.7 Å². The third kappa shape index (κ3) is 3.40. The molecule has 0 aliphatic heterocycles. The van der Waals surface area contributed by atoms with Gasteiger partial charge in [-0.15, -0.1) is 0 Å². The molecular weight excluding hydrogens is 379 g/mol. The van der Waals surface area contributed by atoms with E-state index in [1.165, 1.54) is 23.9 Å². The number of tetrazole rings is 1. The first-order valence-electron chi connectivity index (χ1n) is 8.75. The Hall–Kier alpha value is -3.82. The third-order valence-electron chi connectivity index (χ3n) is 4.52. The number of hydrogen-bond donors (Lipinski definition) is 0. The van der Waals surface area contributed by atoms with E-state index in [0.717, 1.165) is 15.8 Å². The van der Waals surface area contributed by atoms with Gasteiger partial charge < -0.3 is 9.36 Å². The van der Waals surface area contributed by atoms with Crippen LogP contribution in [0.15, 0.2) is 50.9 Å². The standard InChI is InChI=1S/C19H17FN6O3/c1-11-5-4-6-16(26-19(27)25(3)23-24-26)15(11)10-28-21-12(2)18-14-8-7-13(20)9-17(14)29-22-18/h4-9H,10H2,1-3H3. The molecule has 0 amide bonds. The molecule has 0 fully saturated rings. The van der Waals surface area contributed by atoms with Crippen LogP contribution in [0, 0.1) is 12.7 Å². The van der Waals surface area contributed by atoms with Crippen molar-refractivity contribution >= 4 is 16.7 Å². The molecule has 2 aromatic carbocycles. The highest BCUT2D eigenvalue weighted by Gasteiger charge is 2.15. The molecule has 0 saturated carbocycles. The first-order chi connectivity index (χ1) is 14.0. The van der Waals surface area contributed by atoms with E-state index in [-0.39, 0.29) is 12.3 Å². The lowest BCUT2D eigenvalue weighted by Gasteiger charge is -2.10. The minimum absolute atomic E-state index is 0.104. The minimum Gasteiger partial charge on any atom is -0.391 e. The molecule has 2 aromatic heterocycles. The topological polar surface area (TPSA) is 100 Å². The molecule has 0 atom stereocenters. The number of fused-ring (bicyclic) bond motifs is 1. The Morgan fingerprint density at radius 2 is 2.10 bits per heavy atom. The van der Waals surface area contributed by atoms with Crippen LogP contribution in [0.3, 0.4) is 0 Å². The summed E-state index contributed by atoms with van der Waals surface area (Å²) < 4.78 is 20.8. The molecule has 9 nitrogen and oxygen atoms in total. The highest BCUT2D eigenvalue weighted by Crippen LogP contribution is 2.21. The summed E-state index contributed by atoms with van der Waals surface area (Å²) in [5, 5.41) is 16.3. The molecule has 0 unspecified atom stereocenters. The van der Waals surface area contributed by atoms with E-state index < -0.39 is 5.82 Å². The van der Waals surface area contributed by atoms with Gasteiger partial charge in [0.1, 0.15) is 23.8 Å². The van der Waals surface area contributed by atoms with Gasteiger partial charge in [0, 0.05) is 18.7 Å². The predicted octanol–water partition coefficient (Wildman–Crippen LogP) is 2.50. The van der Waals surface area contributed by atoms with Gasteiger partial charge in [-0.25, -0.2) is 9.18 Å². The van der Waals surface area contributed by atoms with Gasteiger partial charge in [-0.1, -0.05) is 22.4 Å². The van der Waals surface area contributed by atoms with E-state index in [9.17, 15) is 9.18 Å². The van der Waals surface area contributed by atoms with Crippen LogP contribution in [0.1, 0.15) is 23.7 Å². The van der Waals surface area contributed by atoms with Gasteiger partial charge in [0.05, 0.1) is 11.1 Å². The predicted molar refractivity (Wildman–Crippen MR) is 102 cm³/mol. The number of aryl methyl sites for hydroxylation is 2. The fourth-order valence-electron chi connectivity index (χ4n) is 2.95.